The molecule has 1 aliphatic rings. The molecule has 0 bridgehead atoms. The minimum absolute atomic E-state index is 0.829. The fourth-order valence-electron chi connectivity index (χ4n) is 4.55. The van der Waals surface area contributed by atoms with Crippen LogP contribution in [0.5, 0.6) is 5.75 Å². The SMILES string of the molecule is CCCCCC1CCC(CCCOc2ccc(-c3nnc(CCCC)s3)cc2)CC1. The smallest absolute Gasteiger partial charge is 0.147 e. The van der Waals surface area contributed by atoms with Gasteiger partial charge in [0.2, 0.25) is 0 Å². The molecule has 3 rings (SSSR count). The molecule has 1 heterocycles. The van der Waals surface area contributed by atoms with E-state index in [1.807, 2.05) is 0 Å². The number of benzene rings is 1. The van der Waals surface area contributed by atoms with Crippen LogP contribution in [0.15, 0.2) is 24.3 Å². The van der Waals surface area contributed by atoms with Gasteiger partial charge in [0.05, 0.1) is 6.61 Å². The Morgan fingerprint density at radius 2 is 1.50 bits per heavy atom. The summed E-state index contributed by atoms with van der Waals surface area (Å²) in [6, 6.07) is 8.37. The highest BCUT2D eigenvalue weighted by Crippen LogP contribution is 2.34. The van der Waals surface area contributed by atoms with Gasteiger partial charge in [-0.1, -0.05) is 83.0 Å². The summed E-state index contributed by atoms with van der Waals surface area (Å²) in [6.45, 7) is 5.34. The Morgan fingerprint density at radius 1 is 0.833 bits per heavy atom. The molecule has 3 nitrogen and oxygen atoms in total. The van der Waals surface area contributed by atoms with E-state index in [9.17, 15) is 0 Å². The molecule has 1 fully saturated rings. The van der Waals surface area contributed by atoms with Crippen molar-refractivity contribution in [2.45, 2.75) is 97.3 Å². The van der Waals surface area contributed by atoms with Crippen LogP contribution in [-0.2, 0) is 6.42 Å². The largest absolute Gasteiger partial charge is 0.494 e. The van der Waals surface area contributed by atoms with E-state index in [0.29, 0.717) is 0 Å². The summed E-state index contributed by atoms with van der Waals surface area (Å²) < 4.78 is 6.00. The second kappa shape index (κ2) is 13.1. The Bertz CT molecular complexity index is 704. The number of hydrogen-bond donors (Lipinski definition) is 0. The van der Waals surface area contributed by atoms with Crippen molar-refractivity contribution < 1.29 is 4.74 Å². The summed E-state index contributed by atoms with van der Waals surface area (Å²) in [5.41, 5.74) is 1.14. The van der Waals surface area contributed by atoms with E-state index < -0.39 is 0 Å². The van der Waals surface area contributed by atoms with Gasteiger partial charge in [-0.05, 0) is 55.4 Å². The summed E-state index contributed by atoms with van der Waals surface area (Å²) >= 11 is 1.71. The van der Waals surface area contributed by atoms with E-state index in [4.69, 9.17) is 4.74 Å². The van der Waals surface area contributed by atoms with Gasteiger partial charge in [0.15, 0.2) is 0 Å². The Morgan fingerprint density at radius 3 is 2.17 bits per heavy atom. The Hall–Kier alpha value is -1.42. The summed E-state index contributed by atoms with van der Waals surface area (Å²) in [5, 5.41) is 10.8. The molecular formula is C26H40N2OS. The number of rotatable bonds is 13. The number of aromatic nitrogens is 2. The molecular weight excluding hydrogens is 388 g/mol. The van der Waals surface area contributed by atoms with Gasteiger partial charge in [-0.25, -0.2) is 0 Å². The van der Waals surface area contributed by atoms with Crippen LogP contribution >= 0.6 is 11.3 Å². The second-order valence-electron chi connectivity index (χ2n) is 9.00. The minimum atomic E-state index is 0.829. The third kappa shape index (κ3) is 7.68. The molecule has 0 saturated heterocycles. The molecule has 2 aromatic rings. The first kappa shape index (κ1) is 23.2. The molecule has 0 N–H and O–H groups in total. The second-order valence-corrected chi connectivity index (χ2v) is 10.1. The van der Waals surface area contributed by atoms with Crippen molar-refractivity contribution in [2.24, 2.45) is 11.8 Å². The molecule has 1 aromatic heterocycles. The van der Waals surface area contributed by atoms with E-state index >= 15 is 0 Å². The van der Waals surface area contributed by atoms with Crippen LogP contribution in [0.3, 0.4) is 0 Å². The molecule has 0 atom stereocenters. The molecule has 0 amide bonds. The molecule has 30 heavy (non-hydrogen) atoms. The van der Waals surface area contributed by atoms with E-state index in [-0.39, 0.29) is 0 Å². The predicted octanol–water partition coefficient (Wildman–Crippen LogP) is 8.09. The normalized spacial score (nSPS) is 19.1. The lowest BCUT2D eigenvalue weighted by Crippen LogP contribution is -2.15. The number of hydrogen-bond acceptors (Lipinski definition) is 4. The first-order chi connectivity index (χ1) is 14.8. The van der Waals surface area contributed by atoms with Crippen LogP contribution in [0.4, 0.5) is 0 Å². The van der Waals surface area contributed by atoms with Crippen molar-refractivity contribution in [3.8, 4) is 16.3 Å². The first-order valence-electron chi connectivity index (χ1n) is 12.3. The van der Waals surface area contributed by atoms with Gasteiger partial charge in [-0.2, -0.15) is 0 Å². The predicted molar refractivity (Wildman–Crippen MR) is 128 cm³/mol. The lowest BCUT2D eigenvalue weighted by molar-refractivity contribution is 0.228. The molecule has 0 spiro atoms. The lowest BCUT2D eigenvalue weighted by Gasteiger charge is -2.28. The van der Waals surface area contributed by atoms with Crippen LogP contribution < -0.4 is 4.74 Å². The van der Waals surface area contributed by atoms with Crippen molar-refractivity contribution in [2.75, 3.05) is 6.61 Å². The highest BCUT2D eigenvalue weighted by atomic mass is 32.1. The highest BCUT2D eigenvalue weighted by molar-refractivity contribution is 7.14. The molecule has 1 aromatic carbocycles. The zero-order chi connectivity index (χ0) is 21.0. The van der Waals surface area contributed by atoms with E-state index in [1.54, 1.807) is 11.3 Å². The maximum absolute atomic E-state index is 6.00. The van der Waals surface area contributed by atoms with E-state index in [0.717, 1.165) is 46.2 Å². The molecule has 0 aliphatic heterocycles. The van der Waals surface area contributed by atoms with Gasteiger partial charge in [0.1, 0.15) is 15.8 Å². The topological polar surface area (TPSA) is 35.0 Å². The van der Waals surface area contributed by atoms with Gasteiger partial charge >= 0.3 is 0 Å². The summed E-state index contributed by atoms with van der Waals surface area (Å²) in [5.74, 6) is 2.91. The Labute approximate surface area is 187 Å². The fraction of sp³-hybridized carbons (Fsp3) is 0.692. The van der Waals surface area contributed by atoms with Gasteiger partial charge in [0, 0.05) is 12.0 Å². The Kier molecular flexibility index (Phi) is 10.1. The molecule has 166 valence electrons. The number of aryl methyl sites for hydroxylation is 1. The lowest BCUT2D eigenvalue weighted by atomic mass is 9.78. The van der Waals surface area contributed by atoms with Crippen LogP contribution in [0, 0.1) is 11.8 Å². The van der Waals surface area contributed by atoms with Crippen LogP contribution in [0.1, 0.15) is 95.9 Å². The van der Waals surface area contributed by atoms with Gasteiger partial charge in [-0.3, -0.25) is 0 Å². The van der Waals surface area contributed by atoms with Crippen LogP contribution in [0.25, 0.3) is 10.6 Å². The third-order valence-electron chi connectivity index (χ3n) is 6.52. The molecule has 0 unspecified atom stereocenters. The maximum atomic E-state index is 6.00. The molecule has 1 saturated carbocycles. The average Bonchev–Trinajstić information content (AvgIpc) is 3.26. The maximum Gasteiger partial charge on any atom is 0.147 e. The molecule has 4 heteroatoms. The number of ether oxygens (including phenoxy) is 1. The quantitative estimate of drug-likeness (QED) is 0.302. The summed E-state index contributed by atoms with van der Waals surface area (Å²) in [4.78, 5) is 0. The van der Waals surface area contributed by atoms with E-state index in [1.165, 1.54) is 77.0 Å². The number of nitrogens with zero attached hydrogens (tertiary/aromatic N) is 2. The van der Waals surface area contributed by atoms with Crippen molar-refractivity contribution >= 4 is 11.3 Å². The van der Waals surface area contributed by atoms with E-state index in [2.05, 4.69) is 48.3 Å². The van der Waals surface area contributed by atoms with Crippen molar-refractivity contribution in [1.82, 2.24) is 10.2 Å². The van der Waals surface area contributed by atoms with Crippen molar-refractivity contribution in [1.29, 1.82) is 0 Å². The first-order valence-corrected chi connectivity index (χ1v) is 13.2. The van der Waals surface area contributed by atoms with Crippen LogP contribution in [0.2, 0.25) is 0 Å². The molecule has 0 radical (unpaired) electrons. The average molecular weight is 429 g/mol. The van der Waals surface area contributed by atoms with Crippen LogP contribution in [-0.4, -0.2) is 16.8 Å². The highest BCUT2D eigenvalue weighted by Gasteiger charge is 2.20. The van der Waals surface area contributed by atoms with Gasteiger partial charge < -0.3 is 4.74 Å². The zero-order valence-corrected chi connectivity index (χ0v) is 19.9. The molecule has 1 aliphatic carbocycles. The Balaban J connectivity index is 1.32. The zero-order valence-electron chi connectivity index (χ0n) is 19.1. The number of unbranched alkanes of at least 4 members (excludes halogenated alkanes) is 3. The van der Waals surface area contributed by atoms with Crippen molar-refractivity contribution in [3.05, 3.63) is 29.3 Å². The minimum Gasteiger partial charge on any atom is -0.494 e. The monoisotopic (exact) mass is 428 g/mol. The van der Waals surface area contributed by atoms with Gasteiger partial charge in [-0.15, -0.1) is 10.2 Å². The third-order valence-corrected chi connectivity index (χ3v) is 7.55. The standard InChI is InChI=1S/C26H40N2OS/c1-3-5-7-9-21-12-14-22(15-13-21)10-8-20-29-24-18-16-23(17-19-24)26-28-27-25(30-26)11-6-4-2/h16-19,21-22H,3-15,20H2,1-2H3. The summed E-state index contributed by atoms with van der Waals surface area (Å²) in [6.07, 6.45) is 17.4. The van der Waals surface area contributed by atoms with Gasteiger partial charge in [0.25, 0.3) is 0 Å². The fourth-order valence-corrected chi connectivity index (χ4v) is 5.43. The summed E-state index contributed by atoms with van der Waals surface area (Å²) in [7, 11) is 0. The van der Waals surface area contributed by atoms with Crippen molar-refractivity contribution in [3.63, 3.8) is 0 Å².